The van der Waals surface area contributed by atoms with Crippen LogP contribution in [0.5, 0.6) is 11.5 Å². The van der Waals surface area contributed by atoms with Crippen molar-refractivity contribution in [3.05, 3.63) is 56.7 Å². The highest BCUT2D eigenvalue weighted by molar-refractivity contribution is 9.10. The second-order valence-electron chi connectivity index (χ2n) is 4.00. The number of benzene rings is 2. The van der Waals surface area contributed by atoms with E-state index in [1.807, 2.05) is 18.2 Å². The zero-order valence-electron chi connectivity index (χ0n) is 10.00. The summed E-state index contributed by atoms with van der Waals surface area (Å²) in [5, 5.41) is 0. The minimum atomic E-state index is -0.344. The van der Waals surface area contributed by atoms with Gasteiger partial charge in [-0.3, -0.25) is 0 Å². The molecule has 0 bridgehead atoms. The van der Waals surface area contributed by atoms with Crippen molar-refractivity contribution < 1.29 is 9.13 Å². The van der Waals surface area contributed by atoms with Crippen LogP contribution in [0.25, 0.3) is 0 Å². The topological polar surface area (TPSA) is 35.2 Å². The molecule has 0 unspecified atom stereocenters. The Hall–Kier alpha value is -0.910. The summed E-state index contributed by atoms with van der Waals surface area (Å²) in [4.78, 5) is 0. The smallest absolute Gasteiger partial charge is 0.131 e. The largest absolute Gasteiger partial charge is 0.457 e. The first kappa shape index (κ1) is 14.5. The molecule has 0 aliphatic carbocycles. The van der Waals surface area contributed by atoms with Crippen molar-refractivity contribution in [1.29, 1.82) is 0 Å². The van der Waals surface area contributed by atoms with Gasteiger partial charge in [0.2, 0.25) is 0 Å². The van der Waals surface area contributed by atoms with Gasteiger partial charge in [0.1, 0.15) is 17.3 Å². The molecular formula is C14H12Br2FNO. The van der Waals surface area contributed by atoms with E-state index in [9.17, 15) is 4.39 Å². The third kappa shape index (κ3) is 4.03. The van der Waals surface area contributed by atoms with E-state index in [1.165, 1.54) is 12.1 Å². The third-order valence-corrected chi connectivity index (χ3v) is 3.71. The van der Waals surface area contributed by atoms with Crippen molar-refractivity contribution in [3.8, 4) is 11.5 Å². The molecule has 19 heavy (non-hydrogen) atoms. The van der Waals surface area contributed by atoms with Gasteiger partial charge in [-0.25, -0.2) is 4.39 Å². The summed E-state index contributed by atoms with van der Waals surface area (Å²) in [5.41, 5.74) is 6.65. The average Bonchev–Trinajstić information content (AvgIpc) is 2.31. The van der Waals surface area contributed by atoms with E-state index in [0.717, 1.165) is 16.5 Å². The van der Waals surface area contributed by atoms with Gasteiger partial charge in [0.25, 0.3) is 0 Å². The summed E-state index contributed by atoms with van der Waals surface area (Å²) in [6, 6.07) is 10.1. The van der Waals surface area contributed by atoms with Crippen LogP contribution in [0.3, 0.4) is 0 Å². The van der Waals surface area contributed by atoms with Crippen LogP contribution >= 0.6 is 31.9 Å². The summed E-state index contributed by atoms with van der Waals surface area (Å²) >= 11 is 6.70. The molecule has 2 nitrogen and oxygen atoms in total. The van der Waals surface area contributed by atoms with Gasteiger partial charge in [0.05, 0.1) is 0 Å². The zero-order valence-corrected chi connectivity index (χ0v) is 13.2. The van der Waals surface area contributed by atoms with Gasteiger partial charge < -0.3 is 10.5 Å². The van der Waals surface area contributed by atoms with Crippen LogP contribution in [0.2, 0.25) is 0 Å². The Bertz CT molecular complexity index is 569. The van der Waals surface area contributed by atoms with Crippen LogP contribution in [0.1, 0.15) is 5.56 Å². The SMILES string of the molecule is NCCc1ccc(Oc2cc(F)cc(Br)c2)cc1Br. The summed E-state index contributed by atoms with van der Waals surface area (Å²) < 4.78 is 20.4. The number of rotatable bonds is 4. The maximum absolute atomic E-state index is 13.2. The maximum atomic E-state index is 13.2. The molecule has 0 aliphatic rings. The Morgan fingerprint density at radius 1 is 1.05 bits per heavy atom. The molecule has 0 fully saturated rings. The van der Waals surface area contributed by atoms with E-state index in [1.54, 1.807) is 6.07 Å². The van der Waals surface area contributed by atoms with Gasteiger partial charge >= 0.3 is 0 Å². The van der Waals surface area contributed by atoms with Crippen molar-refractivity contribution in [2.24, 2.45) is 5.73 Å². The van der Waals surface area contributed by atoms with Crippen LogP contribution in [-0.4, -0.2) is 6.54 Å². The van der Waals surface area contributed by atoms with E-state index in [2.05, 4.69) is 31.9 Å². The Morgan fingerprint density at radius 2 is 1.84 bits per heavy atom. The molecule has 0 saturated carbocycles. The fourth-order valence-corrected chi connectivity index (χ4v) is 2.67. The summed E-state index contributed by atoms with van der Waals surface area (Å²) in [6.07, 6.45) is 0.798. The molecule has 0 aliphatic heterocycles. The lowest BCUT2D eigenvalue weighted by atomic mass is 10.1. The van der Waals surface area contributed by atoms with Crippen molar-refractivity contribution in [2.45, 2.75) is 6.42 Å². The molecule has 0 amide bonds. The van der Waals surface area contributed by atoms with Crippen molar-refractivity contribution >= 4 is 31.9 Å². The Balaban J connectivity index is 2.21. The number of hydrogen-bond donors (Lipinski definition) is 1. The lowest BCUT2D eigenvalue weighted by molar-refractivity contribution is 0.475. The lowest BCUT2D eigenvalue weighted by Gasteiger charge is -2.09. The minimum Gasteiger partial charge on any atom is -0.457 e. The highest BCUT2D eigenvalue weighted by Gasteiger charge is 2.05. The van der Waals surface area contributed by atoms with E-state index >= 15 is 0 Å². The van der Waals surface area contributed by atoms with Gasteiger partial charge in [-0.05, 0) is 42.8 Å². The molecule has 0 radical (unpaired) electrons. The second kappa shape index (κ2) is 6.50. The lowest BCUT2D eigenvalue weighted by Crippen LogP contribution is -2.03. The number of ether oxygens (including phenoxy) is 1. The van der Waals surface area contributed by atoms with Crippen molar-refractivity contribution in [1.82, 2.24) is 0 Å². The molecule has 100 valence electrons. The fraction of sp³-hybridized carbons (Fsp3) is 0.143. The molecule has 2 aromatic carbocycles. The van der Waals surface area contributed by atoms with Gasteiger partial charge in [-0.15, -0.1) is 0 Å². The maximum Gasteiger partial charge on any atom is 0.131 e. The van der Waals surface area contributed by atoms with E-state index in [0.29, 0.717) is 22.5 Å². The van der Waals surface area contributed by atoms with E-state index in [4.69, 9.17) is 10.5 Å². The molecule has 2 N–H and O–H groups in total. The highest BCUT2D eigenvalue weighted by atomic mass is 79.9. The first-order valence-corrected chi connectivity index (χ1v) is 7.29. The number of hydrogen-bond acceptors (Lipinski definition) is 2. The predicted molar refractivity (Wildman–Crippen MR) is 81.1 cm³/mol. The standard InChI is InChI=1S/C14H12Br2FNO/c15-10-5-11(17)7-13(6-10)19-12-2-1-9(3-4-18)14(16)8-12/h1-2,5-8H,3-4,18H2. The van der Waals surface area contributed by atoms with E-state index in [-0.39, 0.29) is 5.82 Å². The minimum absolute atomic E-state index is 0.344. The molecule has 0 spiro atoms. The van der Waals surface area contributed by atoms with Crippen LogP contribution in [0.4, 0.5) is 4.39 Å². The summed E-state index contributed by atoms with van der Waals surface area (Å²) in [6.45, 7) is 0.593. The molecule has 5 heteroatoms. The normalized spacial score (nSPS) is 10.5. The van der Waals surface area contributed by atoms with Gasteiger partial charge in [-0.2, -0.15) is 0 Å². The Kier molecular flexibility index (Phi) is 4.96. The first-order valence-electron chi connectivity index (χ1n) is 5.71. The summed E-state index contributed by atoms with van der Waals surface area (Å²) in [7, 11) is 0. The highest BCUT2D eigenvalue weighted by Crippen LogP contribution is 2.29. The van der Waals surface area contributed by atoms with Gasteiger partial charge in [0.15, 0.2) is 0 Å². The first-order chi connectivity index (χ1) is 9.08. The van der Waals surface area contributed by atoms with E-state index < -0.39 is 0 Å². The average molecular weight is 389 g/mol. The number of nitrogens with two attached hydrogens (primary N) is 1. The molecule has 0 saturated heterocycles. The van der Waals surface area contributed by atoms with Gasteiger partial charge in [0, 0.05) is 15.0 Å². The zero-order chi connectivity index (χ0) is 13.8. The predicted octanol–water partition coefficient (Wildman–Crippen LogP) is 4.64. The summed E-state index contributed by atoms with van der Waals surface area (Å²) in [5.74, 6) is 0.749. The van der Waals surface area contributed by atoms with Crippen LogP contribution in [-0.2, 0) is 6.42 Å². The quantitative estimate of drug-likeness (QED) is 0.827. The van der Waals surface area contributed by atoms with Crippen LogP contribution < -0.4 is 10.5 Å². The van der Waals surface area contributed by atoms with Crippen LogP contribution in [0.15, 0.2) is 45.3 Å². The van der Waals surface area contributed by atoms with Gasteiger partial charge in [-0.1, -0.05) is 37.9 Å². The molecule has 2 aromatic rings. The molecule has 0 aromatic heterocycles. The Morgan fingerprint density at radius 3 is 2.47 bits per heavy atom. The second-order valence-corrected chi connectivity index (χ2v) is 5.77. The van der Waals surface area contributed by atoms with Crippen molar-refractivity contribution in [2.75, 3.05) is 6.54 Å². The molecule has 0 atom stereocenters. The molecule has 2 rings (SSSR count). The fourth-order valence-electron chi connectivity index (χ4n) is 1.67. The molecule has 0 heterocycles. The molecular weight excluding hydrogens is 377 g/mol. The third-order valence-electron chi connectivity index (χ3n) is 2.51. The Labute approximate surface area is 128 Å². The van der Waals surface area contributed by atoms with Crippen LogP contribution in [0, 0.1) is 5.82 Å². The van der Waals surface area contributed by atoms with Crippen molar-refractivity contribution in [3.63, 3.8) is 0 Å². The number of halogens is 3. The monoisotopic (exact) mass is 387 g/mol.